The average molecular weight is 389 g/mol. The smallest absolute Gasteiger partial charge is 0.252 e. The number of benzene rings is 1. The molecule has 6 nitrogen and oxygen atoms in total. The molecule has 4 rings (SSSR count). The molecule has 1 aliphatic heterocycles. The minimum Gasteiger partial charge on any atom is -0.356 e. The predicted molar refractivity (Wildman–Crippen MR) is 97.6 cm³/mol. The number of hydrogen-bond donors (Lipinski definition) is 1. The van der Waals surface area contributed by atoms with Gasteiger partial charge >= 0.3 is 0 Å². The number of carbonyl (C=O) groups excluding carboxylic acids is 2. The number of nitrogens with one attached hydrogen (secondary N) is 1. The number of hydrogen-bond acceptors (Lipinski definition) is 5. The van der Waals surface area contributed by atoms with Crippen LogP contribution in [-0.4, -0.2) is 41.5 Å². The highest BCUT2D eigenvalue weighted by molar-refractivity contribution is 7.09. The molecule has 2 fully saturated rings. The first-order chi connectivity index (χ1) is 13.0. The Kier molecular flexibility index (Phi) is 4.92. The van der Waals surface area contributed by atoms with Crippen LogP contribution in [0.3, 0.4) is 0 Å². The fourth-order valence-corrected chi connectivity index (χ4v) is 4.21. The van der Waals surface area contributed by atoms with E-state index in [1.807, 2.05) is 5.38 Å². The second-order valence-electron chi connectivity index (χ2n) is 6.91. The van der Waals surface area contributed by atoms with Gasteiger partial charge in [-0.15, -0.1) is 11.3 Å². The van der Waals surface area contributed by atoms with Crippen molar-refractivity contribution in [3.05, 3.63) is 51.7 Å². The lowest BCUT2D eigenvalue weighted by atomic mass is 9.97. The number of thiazole rings is 1. The number of rotatable bonds is 5. The summed E-state index contributed by atoms with van der Waals surface area (Å²) < 4.78 is 19.2. The van der Waals surface area contributed by atoms with E-state index >= 15 is 0 Å². The van der Waals surface area contributed by atoms with Crippen molar-refractivity contribution < 1.29 is 18.7 Å². The van der Waals surface area contributed by atoms with Gasteiger partial charge in [0.2, 0.25) is 5.91 Å². The van der Waals surface area contributed by atoms with Gasteiger partial charge in [-0.25, -0.2) is 9.37 Å². The lowest BCUT2D eigenvalue weighted by Gasteiger charge is -2.38. The number of likely N-dealkylation sites (N-methyl/N-ethyl adjacent to an activating group) is 1. The van der Waals surface area contributed by atoms with E-state index in [9.17, 15) is 14.0 Å². The largest absolute Gasteiger partial charge is 0.356 e. The Morgan fingerprint density at radius 2 is 2.26 bits per heavy atom. The van der Waals surface area contributed by atoms with Crippen molar-refractivity contribution in [2.75, 3.05) is 13.7 Å². The summed E-state index contributed by atoms with van der Waals surface area (Å²) in [6, 6.07) is 5.21. The summed E-state index contributed by atoms with van der Waals surface area (Å²) >= 11 is 1.62. The standard InChI is InChI=1S/C19H20FN3O3S/c1-23-15(24)9-26-17(16(23)12-3-2-4-13(20)7-12)18(25)21-8-14-10-27-19(22-14)11-5-6-11/h2-4,7,10-11,16-17H,5-6,8-9H2,1H3,(H,21,25). The summed E-state index contributed by atoms with van der Waals surface area (Å²) in [5.41, 5.74) is 1.34. The molecular formula is C19H20FN3O3S. The SMILES string of the molecule is CN1C(=O)COC(C(=O)NCc2csc(C3CC3)n2)C1c1cccc(F)c1. The van der Waals surface area contributed by atoms with Crippen LogP contribution in [0.25, 0.3) is 0 Å². The van der Waals surface area contributed by atoms with Crippen molar-refractivity contribution in [2.45, 2.75) is 37.5 Å². The van der Waals surface area contributed by atoms with Crippen molar-refractivity contribution in [2.24, 2.45) is 0 Å². The average Bonchev–Trinajstić information content (AvgIpc) is 3.40. The zero-order valence-corrected chi connectivity index (χ0v) is 15.7. The summed E-state index contributed by atoms with van der Waals surface area (Å²) in [6.45, 7) is 0.123. The van der Waals surface area contributed by atoms with E-state index < -0.39 is 18.0 Å². The molecule has 8 heteroatoms. The number of ether oxygens (including phenoxy) is 1. The van der Waals surface area contributed by atoms with E-state index in [0.717, 1.165) is 10.7 Å². The molecule has 1 aromatic heterocycles. The maximum absolute atomic E-state index is 13.7. The lowest BCUT2D eigenvalue weighted by molar-refractivity contribution is -0.162. The van der Waals surface area contributed by atoms with Crippen LogP contribution in [0.2, 0.25) is 0 Å². The van der Waals surface area contributed by atoms with E-state index in [0.29, 0.717) is 18.0 Å². The predicted octanol–water partition coefficient (Wildman–Crippen LogP) is 2.37. The Morgan fingerprint density at radius 1 is 1.44 bits per heavy atom. The van der Waals surface area contributed by atoms with Crippen LogP contribution in [-0.2, 0) is 20.9 Å². The second kappa shape index (κ2) is 7.36. The Bertz CT molecular complexity index is 867. The molecule has 0 radical (unpaired) electrons. The van der Waals surface area contributed by atoms with Gasteiger partial charge in [0.25, 0.3) is 5.91 Å². The molecule has 1 aromatic carbocycles. The number of morpholine rings is 1. The highest BCUT2D eigenvalue weighted by Crippen LogP contribution is 2.41. The summed E-state index contributed by atoms with van der Waals surface area (Å²) in [7, 11) is 1.60. The molecular weight excluding hydrogens is 369 g/mol. The third-order valence-electron chi connectivity index (χ3n) is 4.87. The van der Waals surface area contributed by atoms with Crippen LogP contribution in [0.15, 0.2) is 29.6 Å². The van der Waals surface area contributed by atoms with Crippen LogP contribution in [0, 0.1) is 5.82 Å². The molecule has 2 atom stereocenters. The lowest BCUT2D eigenvalue weighted by Crippen LogP contribution is -2.52. The van der Waals surface area contributed by atoms with Gasteiger partial charge in [-0.1, -0.05) is 12.1 Å². The van der Waals surface area contributed by atoms with Crippen LogP contribution in [0.1, 0.15) is 41.1 Å². The first-order valence-electron chi connectivity index (χ1n) is 8.87. The van der Waals surface area contributed by atoms with E-state index in [2.05, 4.69) is 10.3 Å². The topological polar surface area (TPSA) is 71.5 Å². The molecule has 1 saturated heterocycles. The van der Waals surface area contributed by atoms with E-state index in [4.69, 9.17) is 4.74 Å². The van der Waals surface area contributed by atoms with Crippen molar-refractivity contribution in [3.8, 4) is 0 Å². The fourth-order valence-electron chi connectivity index (χ4n) is 3.22. The molecule has 2 heterocycles. The molecule has 142 valence electrons. The number of halogens is 1. The van der Waals surface area contributed by atoms with Crippen molar-refractivity contribution in [3.63, 3.8) is 0 Å². The molecule has 1 aliphatic carbocycles. The zero-order valence-electron chi connectivity index (χ0n) is 14.9. The third-order valence-corrected chi connectivity index (χ3v) is 5.93. The Balaban J connectivity index is 1.48. The maximum atomic E-state index is 13.7. The summed E-state index contributed by atoms with van der Waals surface area (Å²) in [4.78, 5) is 30.8. The summed E-state index contributed by atoms with van der Waals surface area (Å²) in [5, 5.41) is 5.91. The van der Waals surface area contributed by atoms with Crippen LogP contribution in [0.4, 0.5) is 4.39 Å². The fraction of sp³-hybridized carbons (Fsp3) is 0.421. The summed E-state index contributed by atoms with van der Waals surface area (Å²) in [5.74, 6) is -0.433. The first kappa shape index (κ1) is 18.1. The van der Waals surface area contributed by atoms with Gasteiger partial charge in [0.15, 0.2) is 6.10 Å². The first-order valence-corrected chi connectivity index (χ1v) is 9.75. The normalized spacial score (nSPS) is 22.7. The molecule has 2 unspecified atom stereocenters. The van der Waals surface area contributed by atoms with Gasteiger partial charge in [0.05, 0.1) is 23.3 Å². The van der Waals surface area contributed by atoms with Gasteiger partial charge in [-0.3, -0.25) is 9.59 Å². The quantitative estimate of drug-likeness (QED) is 0.852. The molecule has 1 N–H and O–H groups in total. The number of amides is 2. The molecule has 2 aliphatic rings. The Hall–Kier alpha value is -2.32. The van der Waals surface area contributed by atoms with E-state index in [1.165, 1.54) is 29.9 Å². The Morgan fingerprint density at radius 3 is 3.00 bits per heavy atom. The van der Waals surface area contributed by atoms with Gasteiger partial charge in [-0.05, 0) is 30.5 Å². The number of nitrogens with zero attached hydrogens (tertiary/aromatic N) is 2. The zero-order chi connectivity index (χ0) is 19.0. The molecule has 27 heavy (non-hydrogen) atoms. The third kappa shape index (κ3) is 3.86. The van der Waals surface area contributed by atoms with Crippen molar-refractivity contribution in [1.82, 2.24) is 15.2 Å². The van der Waals surface area contributed by atoms with Gasteiger partial charge in [0, 0.05) is 18.3 Å². The van der Waals surface area contributed by atoms with Gasteiger partial charge in [0.1, 0.15) is 12.4 Å². The van der Waals surface area contributed by atoms with E-state index in [-0.39, 0.29) is 18.4 Å². The number of carbonyl (C=O) groups is 2. The van der Waals surface area contributed by atoms with E-state index in [1.54, 1.807) is 30.5 Å². The molecule has 0 bridgehead atoms. The van der Waals surface area contributed by atoms with Crippen LogP contribution >= 0.6 is 11.3 Å². The monoisotopic (exact) mass is 389 g/mol. The maximum Gasteiger partial charge on any atom is 0.252 e. The van der Waals surface area contributed by atoms with Crippen molar-refractivity contribution in [1.29, 1.82) is 0 Å². The Labute approximate surface area is 160 Å². The molecule has 0 spiro atoms. The molecule has 2 amide bonds. The minimum atomic E-state index is -0.906. The van der Waals surface area contributed by atoms with Crippen LogP contribution in [0.5, 0.6) is 0 Å². The molecule has 1 saturated carbocycles. The highest BCUT2D eigenvalue weighted by atomic mass is 32.1. The molecule has 2 aromatic rings. The summed E-state index contributed by atoms with van der Waals surface area (Å²) in [6.07, 6.45) is 1.46. The van der Waals surface area contributed by atoms with Crippen LogP contribution < -0.4 is 5.32 Å². The highest BCUT2D eigenvalue weighted by Gasteiger charge is 2.40. The minimum absolute atomic E-state index is 0.178. The second-order valence-corrected chi connectivity index (χ2v) is 7.79. The van der Waals surface area contributed by atoms with Crippen molar-refractivity contribution >= 4 is 23.2 Å². The van der Waals surface area contributed by atoms with Gasteiger partial charge < -0.3 is 15.0 Å². The van der Waals surface area contributed by atoms with Gasteiger partial charge in [-0.2, -0.15) is 0 Å². The number of aromatic nitrogens is 1.